The minimum Gasteiger partial charge on any atom is -0.323 e. The number of nitro groups is 1. The van der Waals surface area contributed by atoms with Gasteiger partial charge in [-0.15, -0.1) is 0 Å². The molecule has 0 unspecified atom stereocenters. The van der Waals surface area contributed by atoms with Gasteiger partial charge in [0, 0.05) is 42.7 Å². The molecule has 0 radical (unpaired) electrons. The monoisotopic (exact) mass is 412 g/mol. The minimum atomic E-state index is -3.83. The predicted octanol–water partition coefficient (Wildman–Crippen LogP) is 2.81. The molecule has 0 saturated heterocycles. The molecular weight excluding hydrogens is 396 g/mol. The maximum absolute atomic E-state index is 12.6. The largest absolute Gasteiger partial charge is 0.323 e. The van der Waals surface area contributed by atoms with Crippen LogP contribution in [0.5, 0.6) is 0 Å². The Kier molecular flexibility index (Phi) is 5.55. The molecule has 9 nitrogen and oxygen atoms in total. The first kappa shape index (κ1) is 20.0. The molecular formula is C19H16N4O5S. The van der Waals surface area contributed by atoms with Gasteiger partial charge in [-0.25, -0.2) is 8.42 Å². The second-order valence-corrected chi connectivity index (χ2v) is 8.00. The van der Waals surface area contributed by atoms with Gasteiger partial charge in [0.1, 0.15) is 0 Å². The molecule has 1 amide bonds. The van der Waals surface area contributed by atoms with Crippen molar-refractivity contribution in [3.63, 3.8) is 0 Å². The van der Waals surface area contributed by atoms with Crippen LogP contribution in [-0.2, 0) is 21.7 Å². The molecule has 0 fully saturated rings. The van der Waals surface area contributed by atoms with E-state index in [0.29, 0.717) is 5.69 Å². The van der Waals surface area contributed by atoms with Crippen LogP contribution in [0.1, 0.15) is 5.56 Å². The van der Waals surface area contributed by atoms with Crippen LogP contribution in [0, 0.1) is 10.1 Å². The molecule has 10 heteroatoms. The number of aryl methyl sites for hydroxylation is 1. The Morgan fingerprint density at radius 1 is 1.10 bits per heavy atom. The van der Waals surface area contributed by atoms with Crippen molar-refractivity contribution < 1.29 is 18.1 Å². The third kappa shape index (κ3) is 4.74. The van der Waals surface area contributed by atoms with Crippen LogP contribution in [0.2, 0.25) is 0 Å². The summed E-state index contributed by atoms with van der Waals surface area (Å²) in [7, 11) is -2.06. The number of carbonyl (C=O) groups excluding carboxylic acids is 1. The van der Waals surface area contributed by atoms with Crippen molar-refractivity contribution in [1.82, 2.24) is 9.78 Å². The Hall–Kier alpha value is -3.79. The molecule has 0 aliphatic carbocycles. The van der Waals surface area contributed by atoms with Gasteiger partial charge in [0.25, 0.3) is 5.69 Å². The molecule has 0 aliphatic rings. The van der Waals surface area contributed by atoms with Crippen molar-refractivity contribution in [2.24, 2.45) is 7.05 Å². The second kappa shape index (κ2) is 8.07. The topological polar surface area (TPSA) is 124 Å². The molecule has 0 aliphatic heterocycles. The average molecular weight is 412 g/mol. The fourth-order valence-corrected chi connectivity index (χ4v) is 3.74. The lowest BCUT2D eigenvalue weighted by molar-refractivity contribution is -0.384. The van der Waals surface area contributed by atoms with Gasteiger partial charge in [0.05, 0.1) is 20.9 Å². The highest BCUT2D eigenvalue weighted by Gasteiger charge is 2.18. The number of hydrogen-bond acceptors (Lipinski definition) is 6. The van der Waals surface area contributed by atoms with Gasteiger partial charge in [-0.05, 0) is 42.5 Å². The summed E-state index contributed by atoms with van der Waals surface area (Å²) in [5.74, 6) is -0.375. The number of non-ortho nitro benzene ring substituents is 1. The van der Waals surface area contributed by atoms with Crippen LogP contribution in [0.3, 0.4) is 0 Å². The number of hydrogen-bond donors (Lipinski definition) is 1. The highest BCUT2D eigenvalue weighted by Crippen LogP contribution is 2.24. The Morgan fingerprint density at radius 2 is 1.69 bits per heavy atom. The molecule has 0 bridgehead atoms. The molecule has 3 rings (SSSR count). The van der Waals surface area contributed by atoms with Crippen LogP contribution >= 0.6 is 0 Å². The molecule has 148 valence electrons. The van der Waals surface area contributed by atoms with E-state index in [4.69, 9.17) is 0 Å². The number of nitrogens with zero attached hydrogens (tertiary/aromatic N) is 3. The number of nitro benzene ring substituents is 1. The van der Waals surface area contributed by atoms with Crippen LogP contribution in [0.25, 0.3) is 6.08 Å². The van der Waals surface area contributed by atoms with Gasteiger partial charge >= 0.3 is 0 Å². The molecule has 29 heavy (non-hydrogen) atoms. The first-order valence-electron chi connectivity index (χ1n) is 8.33. The van der Waals surface area contributed by atoms with Gasteiger partial charge in [-0.1, -0.05) is 0 Å². The van der Waals surface area contributed by atoms with E-state index in [0.717, 1.165) is 17.7 Å². The van der Waals surface area contributed by atoms with E-state index in [1.807, 2.05) is 0 Å². The maximum atomic E-state index is 12.6. The highest BCUT2D eigenvalue weighted by molar-refractivity contribution is 7.91. The summed E-state index contributed by atoms with van der Waals surface area (Å²) in [5, 5.41) is 17.3. The van der Waals surface area contributed by atoms with Crippen LogP contribution < -0.4 is 5.32 Å². The summed E-state index contributed by atoms with van der Waals surface area (Å²) in [6.45, 7) is 0. The lowest BCUT2D eigenvalue weighted by Crippen LogP contribution is -2.08. The molecule has 1 heterocycles. The van der Waals surface area contributed by atoms with E-state index in [9.17, 15) is 23.3 Å². The first-order valence-corrected chi connectivity index (χ1v) is 9.81. The van der Waals surface area contributed by atoms with Crippen molar-refractivity contribution in [2.45, 2.75) is 9.79 Å². The molecule has 0 atom stereocenters. The normalized spacial score (nSPS) is 11.5. The SMILES string of the molecule is Cn1cc(/C=C/C(=O)Nc2ccc(S(=O)(=O)c3ccc([N+](=O)[O-])cc3)cc2)cn1. The fourth-order valence-electron chi connectivity index (χ4n) is 2.48. The Labute approximate surface area is 166 Å². The summed E-state index contributed by atoms with van der Waals surface area (Å²) in [5.41, 5.74) is 1.00. The average Bonchev–Trinajstić information content (AvgIpc) is 3.12. The van der Waals surface area contributed by atoms with Gasteiger partial charge < -0.3 is 5.32 Å². The van der Waals surface area contributed by atoms with Crippen molar-refractivity contribution >= 4 is 33.2 Å². The maximum Gasteiger partial charge on any atom is 0.269 e. The minimum absolute atomic E-state index is 0.00949. The Balaban J connectivity index is 1.71. The van der Waals surface area contributed by atoms with E-state index < -0.39 is 14.8 Å². The lowest BCUT2D eigenvalue weighted by Gasteiger charge is -2.06. The van der Waals surface area contributed by atoms with Crippen molar-refractivity contribution in [3.8, 4) is 0 Å². The molecule has 2 aromatic carbocycles. The number of sulfone groups is 1. The summed E-state index contributed by atoms with van der Waals surface area (Å²) in [4.78, 5) is 22.0. The molecule has 1 N–H and O–H groups in total. The van der Waals surface area contributed by atoms with E-state index in [2.05, 4.69) is 10.4 Å². The quantitative estimate of drug-likeness (QED) is 0.377. The molecule has 0 saturated carbocycles. The van der Waals surface area contributed by atoms with Crippen molar-refractivity contribution in [2.75, 3.05) is 5.32 Å². The first-order chi connectivity index (χ1) is 13.8. The van der Waals surface area contributed by atoms with Gasteiger partial charge in [0.15, 0.2) is 0 Å². The highest BCUT2D eigenvalue weighted by atomic mass is 32.2. The Morgan fingerprint density at radius 3 is 2.21 bits per heavy atom. The summed E-state index contributed by atoms with van der Waals surface area (Å²) < 4.78 is 26.9. The van der Waals surface area contributed by atoms with E-state index >= 15 is 0 Å². The van der Waals surface area contributed by atoms with Gasteiger partial charge in [-0.2, -0.15) is 5.10 Å². The summed E-state index contributed by atoms with van der Waals surface area (Å²) in [6.07, 6.45) is 6.32. The zero-order valence-electron chi connectivity index (χ0n) is 15.2. The molecule has 1 aromatic heterocycles. The zero-order chi connectivity index (χ0) is 21.0. The summed E-state index contributed by atoms with van der Waals surface area (Å²) in [6, 6.07) is 10.3. The molecule has 3 aromatic rings. The van der Waals surface area contributed by atoms with Crippen LogP contribution in [0.4, 0.5) is 11.4 Å². The van der Waals surface area contributed by atoms with E-state index in [1.165, 1.54) is 42.5 Å². The van der Waals surface area contributed by atoms with E-state index in [1.54, 1.807) is 30.2 Å². The smallest absolute Gasteiger partial charge is 0.269 e. The lowest BCUT2D eigenvalue weighted by atomic mass is 10.3. The Bertz CT molecular complexity index is 1180. The summed E-state index contributed by atoms with van der Waals surface area (Å²) >= 11 is 0. The number of anilines is 1. The van der Waals surface area contributed by atoms with Gasteiger partial charge in [0.2, 0.25) is 15.7 Å². The number of nitrogens with one attached hydrogen (secondary N) is 1. The third-order valence-corrected chi connectivity index (χ3v) is 5.73. The number of rotatable bonds is 6. The fraction of sp³-hybridized carbons (Fsp3) is 0.0526. The number of aromatic nitrogens is 2. The number of benzene rings is 2. The molecule has 0 spiro atoms. The van der Waals surface area contributed by atoms with Gasteiger partial charge in [-0.3, -0.25) is 19.6 Å². The van der Waals surface area contributed by atoms with Crippen LogP contribution in [0.15, 0.2) is 76.8 Å². The van der Waals surface area contributed by atoms with Crippen LogP contribution in [-0.4, -0.2) is 29.0 Å². The number of carbonyl (C=O) groups is 1. The zero-order valence-corrected chi connectivity index (χ0v) is 16.0. The predicted molar refractivity (Wildman–Crippen MR) is 106 cm³/mol. The third-order valence-electron chi connectivity index (χ3n) is 3.94. The standard InChI is InChI=1S/C19H16N4O5S/c1-22-13-14(12-20-22)2-11-19(24)21-15-3-7-17(8-4-15)29(27,28)18-9-5-16(6-10-18)23(25)26/h2-13H,1H3,(H,21,24)/b11-2+. The van der Waals surface area contributed by atoms with Crippen molar-refractivity contribution in [3.05, 3.63) is 82.7 Å². The van der Waals surface area contributed by atoms with Crippen molar-refractivity contribution in [1.29, 1.82) is 0 Å². The second-order valence-electron chi connectivity index (χ2n) is 6.05. The van der Waals surface area contributed by atoms with E-state index in [-0.39, 0.29) is 21.4 Å². The number of amides is 1.